The SMILES string of the molecule is CC(C)(C)[C@](O)(CC(COC(N)=O)Oc1ccc(I)cc1)c1ccccc1. The van der Waals surface area contributed by atoms with Crippen LogP contribution in [-0.2, 0) is 10.3 Å². The standard InChI is InChI=1S/C21H26INO4/c1-20(2,3)21(25,15-7-5-4-6-8-15)13-18(14-26-19(23)24)27-17-11-9-16(22)10-12-17/h4-12,18,25H,13-14H2,1-3H3,(H2,23,24)/t18?,21-/m0/s1. The predicted octanol–water partition coefficient (Wildman–Crippen LogP) is 4.46. The van der Waals surface area contributed by atoms with E-state index in [1.165, 1.54) is 0 Å². The molecule has 2 atom stereocenters. The summed E-state index contributed by atoms with van der Waals surface area (Å²) in [5.74, 6) is 0.637. The molecule has 2 aromatic rings. The molecule has 2 rings (SSSR count). The first-order valence-corrected chi connectivity index (χ1v) is 9.82. The van der Waals surface area contributed by atoms with E-state index in [1.54, 1.807) is 0 Å². The lowest BCUT2D eigenvalue weighted by Crippen LogP contribution is -2.45. The summed E-state index contributed by atoms with van der Waals surface area (Å²) in [7, 11) is 0. The van der Waals surface area contributed by atoms with Crippen molar-refractivity contribution in [1.29, 1.82) is 0 Å². The van der Waals surface area contributed by atoms with Crippen LogP contribution in [0.2, 0.25) is 0 Å². The van der Waals surface area contributed by atoms with Gasteiger partial charge in [-0.3, -0.25) is 0 Å². The fourth-order valence-corrected chi connectivity index (χ4v) is 3.28. The van der Waals surface area contributed by atoms with Gasteiger partial charge in [-0.2, -0.15) is 0 Å². The molecule has 0 aliphatic carbocycles. The van der Waals surface area contributed by atoms with Gasteiger partial charge in [0.2, 0.25) is 0 Å². The second-order valence-electron chi connectivity index (χ2n) is 7.50. The molecule has 0 aromatic heterocycles. The van der Waals surface area contributed by atoms with E-state index in [0.29, 0.717) is 5.75 Å². The molecule has 1 unspecified atom stereocenters. The van der Waals surface area contributed by atoms with Crippen molar-refractivity contribution in [2.75, 3.05) is 6.61 Å². The molecule has 146 valence electrons. The van der Waals surface area contributed by atoms with Crippen molar-refractivity contribution >= 4 is 28.7 Å². The second kappa shape index (κ2) is 8.93. The Labute approximate surface area is 174 Å². The average Bonchev–Trinajstić information content (AvgIpc) is 2.61. The molecular formula is C21H26INO4. The summed E-state index contributed by atoms with van der Waals surface area (Å²) in [5, 5.41) is 11.6. The Bertz CT molecular complexity index is 743. The number of rotatable bonds is 7. The van der Waals surface area contributed by atoms with E-state index in [-0.39, 0.29) is 13.0 Å². The third-order valence-electron chi connectivity index (χ3n) is 4.54. The maximum Gasteiger partial charge on any atom is 0.404 e. The van der Waals surface area contributed by atoms with Crippen LogP contribution in [0.25, 0.3) is 0 Å². The third-order valence-corrected chi connectivity index (χ3v) is 5.26. The summed E-state index contributed by atoms with van der Waals surface area (Å²) in [6.45, 7) is 5.86. The molecule has 1 amide bonds. The van der Waals surface area contributed by atoms with Gasteiger partial charge in [0.25, 0.3) is 0 Å². The van der Waals surface area contributed by atoms with E-state index in [2.05, 4.69) is 22.6 Å². The molecule has 0 fully saturated rings. The van der Waals surface area contributed by atoms with Gasteiger partial charge in [0.15, 0.2) is 0 Å². The highest BCUT2D eigenvalue weighted by molar-refractivity contribution is 14.1. The van der Waals surface area contributed by atoms with Gasteiger partial charge in [-0.25, -0.2) is 4.79 Å². The molecule has 0 spiro atoms. The summed E-state index contributed by atoms with van der Waals surface area (Å²) in [5.41, 5.74) is 4.25. The van der Waals surface area contributed by atoms with Crippen LogP contribution in [-0.4, -0.2) is 23.9 Å². The Morgan fingerprint density at radius 2 is 1.70 bits per heavy atom. The molecule has 0 heterocycles. The number of nitrogens with two attached hydrogens (primary N) is 1. The average molecular weight is 483 g/mol. The van der Waals surface area contributed by atoms with Gasteiger partial charge in [0.1, 0.15) is 18.5 Å². The zero-order valence-corrected chi connectivity index (χ0v) is 18.0. The van der Waals surface area contributed by atoms with Crippen LogP contribution in [0.5, 0.6) is 5.75 Å². The van der Waals surface area contributed by atoms with Crippen LogP contribution in [0.3, 0.4) is 0 Å². The Balaban J connectivity index is 2.31. The smallest absolute Gasteiger partial charge is 0.404 e. The minimum absolute atomic E-state index is 0.0491. The van der Waals surface area contributed by atoms with Gasteiger partial charge in [0.05, 0.1) is 5.60 Å². The largest absolute Gasteiger partial charge is 0.487 e. The van der Waals surface area contributed by atoms with Crippen molar-refractivity contribution in [3.63, 3.8) is 0 Å². The number of carbonyl (C=O) groups excluding carboxylic acids is 1. The van der Waals surface area contributed by atoms with Crippen LogP contribution in [0, 0.1) is 8.99 Å². The normalized spacial score (nSPS) is 14.9. The molecule has 0 aliphatic heterocycles. The Kier molecular flexibility index (Phi) is 7.11. The number of carbonyl (C=O) groups is 1. The Hall–Kier alpha value is -1.80. The quantitative estimate of drug-likeness (QED) is 0.570. The molecule has 3 N–H and O–H groups in total. The number of halogens is 1. The van der Waals surface area contributed by atoms with Crippen molar-refractivity contribution in [1.82, 2.24) is 0 Å². The summed E-state index contributed by atoms with van der Waals surface area (Å²) in [4.78, 5) is 11.1. The lowest BCUT2D eigenvalue weighted by molar-refractivity contribution is -0.0979. The van der Waals surface area contributed by atoms with Crippen molar-refractivity contribution in [3.8, 4) is 5.75 Å². The van der Waals surface area contributed by atoms with Gasteiger partial charge in [-0.05, 0) is 57.8 Å². The highest BCUT2D eigenvalue weighted by Gasteiger charge is 2.44. The summed E-state index contributed by atoms with van der Waals surface area (Å²) >= 11 is 2.21. The lowest BCUT2D eigenvalue weighted by atomic mass is 9.69. The fourth-order valence-electron chi connectivity index (χ4n) is 2.92. The zero-order valence-electron chi connectivity index (χ0n) is 15.8. The number of primary amides is 1. The van der Waals surface area contributed by atoms with Crippen molar-refractivity contribution in [2.45, 2.75) is 38.9 Å². The first-order chi connectivity index (χ1) is 12.6. The molecule has 0 saturated carbocycles. The number of aliphatic hydroxyl groups is 1. The zero-order chi connectivity index (χ0) is 20.1. The van der Waals surface area contributed by atoms with E-state index in [1.807, 2.05) is 75.4 Å². The second-order valence-corrected chi connectivity index (χ2v) is 8.75. The maximum absolute atomic E-state index is 11.6. The summed E-state index contributed by atoms with van der Waals surface area (Å²) in [6, 6.07) is 17.0. The van der Waals surface area contributed by atoms with Gasteiger partial charge in [-0.1, -0.05) is 51.1 Å². The Morgan fingerprint density at radius 3 is 2.22 bits per heavy atom. The van der Waals surface area contributed by atoms with Crippen LogP contribution in [0.4, 0.5) is 4.79 Å². The van der Waals surface area contributed by atoms with E-state index < -0.39 is 23.2 Å². The van der Waals surface area contributed by atoms with Gasteiger partial charge < -0.3 is 20.3 Å². The van der Waals surface area contributed by atoms with Crippen molar-refractivity contribution in [3.05, 3.63) is 63.7 Å². The van der Waals surface area contributed by atoms with Crippen LogP contribution >= 0.6 is 22.6 Å². The van der Waals surface area contributed by atoms with Gasteiger partial charge >= 0.3 is 6.09 Å². The molecule has 0 saturated heterocycles. The number of benzene rings is 2. The van der Waals surface area contributed by atoms with E-state index in [9.17, 15) is 9.90 Å². The molecule has 6 heteroatoms. The fraction of sp³-hybridized carbons (Fsp3) is 0.381. The van der Waals surface area contributed by atoms with Gasteiger partial charge in [-0.15, -0.1) is 0 Å². The monoisotopic (exact) mass is 483 g/mol. The summed E-state index contributed by atoms with van der Waals surface area (Å²) in [6.07, 6.45) is -1.20. The van der Waals surface area contributed by atoms with E-state index in [4.69, 9.17) is 15.2 Å². The van der Waals surface area contributed by atoms with Gasteiger partial charge in [0, 0.05) is 9.99 Å². The highest BCUT2D eigenvalue weighted by atomic mass is 127. The first-order valence-electron chi connectivity index (χ1n) is 8.74. The lowest BCUT2D eigenvalue weighted by Gasteiger charge is -2.42. The maximum atomic E-state index is 11.6. The predicted molar refractivity (Wildman–Crippen MR) is 114 cm³/mol. The minimum atomic E-state index is -1.19. The number of hydrogen-bond acceptors (Lipinski definition) is 4. The number of ether oxygens (including phenoxy) is 2. The Morgan fingerprint density at radius 1 is 1.11 bits per heavy atom. The van der Waals surface area contributed by atoms with Crippen LogP contribution in [0.15, 0.2) is 54.6 Å². The minimum Gasteiger partial charge on any atom is -0.487 e. The topological polar surface area (TPSA) is 81.8 Å². The third kappa shape index (κ3) is 5.84. The molecule has 27 heavy (non-hydrogen) atoms. The molecular weight excluding hydrogens is 457 g/mol. The molecule has 5 nitrogen and oxygen atoms in total. The number of hydrogen-bond donors (Lipinski definition) is 2. The highest BCUT2D eigenvalue weighted by Crippen LogP contribution is 2.43. The van der Waals surface area contributed by atoms with E-state index in [0.717, 1.165) is 9.13 Å². The van der Waals surface area contributed by atoms with Crippen molar-refractivity contribution in [2.24, 2.45) is 11.1 Å². The molecule has 0 bridgehead atoms. The molecule has 2 aromatic carbocycles. The molecule has 0 aliphatic rings. The molecule has 0 radical (unpaired) electrons. The summed E-state index contributed by atoms with van der Waals surface area (Å²) < 4.78 is 12.1. The first kappa shape index (κ1) is 21.5. The van der Waals surface area contributed by atoms with E-state index >= 15 is 0 Å². The number of amides is 1. The van der Waals surface area contributed by atoms with Crippen LogP contribution < -0.4 is 10.5 Å². The van der Waals surface area contributed by atoms with Crippen molar-refractivity contribution < 1.29 is 19.4 Å². The van der Waals surface area contributed by atoms with Crippen LogP contribution in [0.1, 0.15) is 32.8 Å².